The standard InChI is InChI=1S/C11H16N2/c1-2-8-12-11(4-1)7-9-13-10-5-3-6-10/h1-2,4,8,10,13H,3,5-7,9H2. The van der Waals surface area contributed by atoms with Gasteiger partial charge in [0.25, 0.3) is 0 Å². The second-order valence-corrected chi connectivity index (χ2v) is 3.65. The van der Waals surface area contributed by atoms with E-state index < -0.39 is 0 Å². The van der Waals surface area contributed by atoms with E-state index in [1.807, 2.05) is 18.3 Å². The van der Waals surface area contributed by atoms with Crippen LogP contribution in [-0.4, -0.2) is 17.6 Å². The van der Waals surface area contributed by atoms with Crippen molar-refractivity contribution in [3.05, 3.63) is 30.1 Å². The quantitative estimate of drug-likeness (QED) is 0.756. The van der Waals surface area contributed by atoms with Crippen molar-refractivity contribution in [1.29, 1.82) is 0 Å². The highest BCUT2D eigenvalue weighted by molar-refractivity contribution is 5.03. The van der Waals surface area contributed by atoms with E-state index in [1.165, 1.54) is 25.0 Å². The van der Waals surface area contributed by atoms with E-state index in [0.717, 1.165) is 19.0 Å². The minimum Gasteiger partial charge on any atom is -0.314 e. The lowest BCUT2D eigenvalue weighted by Crippen LogP contribution is -2.36. The van der Waals surface area contributed by atoms with E-state index in [-0.39, 0.29) is 0 Å². The van der Waals surface area contributed by atoms with Crippen molar-refractivity contribution < 1.29 is 0 Å². The number of rotatable bonds is 4. The molecule has 1 saturated carbocycles. The van der Waals surface area contributed by atoms with E-state index in [1.54, 1.807) is 0 Å². The zero-order chi connectivity index (χ0) is 8.93. The summed E-state index contributed by atoms with van der Waals surface area (Å²) >= 11 is 0. The molecule has 1 heterocycles. The molecule has 2 rings (SSSR count). The molecule has 0 bridgehead atoms. The van der Waals surface area contributed by atoms with Gasteiger partial charge in [0.15, 0.2) is 0 Å². The van der Waals surface area contributed by atoms with Crippen LogP contribution in [0.25, 0.3) is 0 Å². The summed E-state index contributed by atoms with van der Waals surface area (Å²) < 4.78 is 0. The lowest BCUT2D eigenvalue weighted by atomic mass is 9.93. The molecule has 0 saturated heterocycles. The van der Waals surface area contributed by atoms with Crippen molar-refractivity contribution in [3.63, 3.8) is 0 Å². The minimum atomic E-state index is 0.795. The van der Waals surface area contributed by atoms with Gasteiger partial charge in [-0.3, -0.25) is 4.98 Å². The molecule has 1 fully saturated rings. The van der Waals surface area contributed by atoms with Crippen LogP contribution in [0, 0.1) is 0 Å². The molecular weight excluding hydrogens is 160 g/mol. The van der Waals surface area contributed by atoms with Gasteiger partial charge < -0.3 is 5.32 Å². The fraction of sp³-hybridized carbons (Fsp3) is 0.545. The first-order valence-electron chi connectivity index (χ1n) is 5.08. The van der Waals surface area contributed by atoms with Gasteiger partial charge in [0.05, 0.1) is 0 Å². The van der Waals surface area contributed by atoms with Crippen molar-refractivity contribution in [2.45, 2.75) is 31.7 Å². The number of hydrogen-bond acceptors (Lipinski definition) is 2. The third-order valence-corrected chi connectivity index (χ3v) is 2.65. The van der Waals surface area contributed by atoms with Crippen molar-refractivity contribution in [2.24, 2.45) is 0 Å². The Morgan fingerprint density at radius 3 is 2.92 bits per heavy atom. The van der Waals surface area contributed by atoms with Crippen LogP contribution in [0.3, 0.4) is 0 Å². The minimum absolute atomic E-state index is 0.795. The molecule has 0 spiro atoms. The van der Waals surface area contributed by atoms with E-state index in [0.29, 0.717) is 0 Å². The molecule has 0 aliphatic heterocycles. The average molecular weight is 176 g/mol. The molecular formula is C11H16N2. The number of nitrogens with zero attached hydrogens (tertiary/aromatic N) is 1. The normalized spacial score (nSPS) is 16.9. The molecule has 0 unspecified atom stereocenters. The van der Waals surface area contributed by atoms with Gasteiger partial charge in [0.2, 0.25) is 0 Å². The Hall–Kier alpha value is -0.890. The van der Waals surface area contributed by atoms with E-state index >= 15 is 0 Å². The van der Waals surface area contributed by atoms with Crippen molar-refractivity contribution in [3.8, 4) is 0 Å². The molecule has 1 aliphatic carbocycles. The summed E-state index contributed by atoms with van der Waals surface area (Å²) in [5.74, 6) is 0. The predicted molar refractivity (Wildman–Crippen MR) is 53.6 cm³/mol. The van der Waals surface area contributed by atoms with Gasteiger partial charge in [-0.15, -0.1) is 0 Å². The molecule has 1 N–H and O–H groups in total. The second kappa shape index (κ2) is 4.38. The first-order chi connectivity index (χ1) is 6.45. The zero-order valence-corrected chi connectivity index (χ0v) is 7.87. The van der Waals surface area contributed by atoms with Crippen molar-refractivity contribution >= 4 is 0 Å². The fourth-order valence-electron chi connectivity index (χ4n) is 1.56. The lowest BCUT2D eigenvalue weighted by molar-refractivity contribution is 0.341. The Bertz CT molecular complexity index is 242. The van der Waals surface area contributed by atoms with Crippen LogP contribution in [-0.2, 0) is 6.42 Å². The third-order valence-electron chi connectivity index (χ3n) is 2.65. The van der Waals surface area contributed by atoms with Crippen LogP contribution in [0.5, 0.6) is 0 Å². The number of pyridine rings is 1. The summed E-state index contributed by atoms with van der Waals surface area (Å²) in [5, 5.41) is 3.53. The molecule has 1 aromatic heterocycles. The van der Waals surface area contributed by atoms with Gasteiger partial charge in [-0.05, 0) is 25.0 Å². The lowest BCUT2D eigenvalue weighted by Gasteiger charge is -2.26. The van der Waals surface area contributed by atoms with E-state index in [4.69, 9.17) is 0 Å². The van der Waals surface area contributed by atoms with Crippen LogP contribution in [0.2, 0.25) is 0 Å². The van der Waals surface area contributed by atoms with Crippen LogP contribution >= 0.6 is 0 Å². The molecule has 1 aliphatic rings. The summed E-state index contributed by atoms with van der Waals surface area (Å²) in [7, 11) is 0. The van der Waals surface area contributed by atoms with Crippen molar-refractivity contribution in [1.82, 2.24) is 10.3 Å². The summed E-state index contributed by atoms with van der Waals surface area (Å²) in [6.45, 7) is 1.07. The fourth-order valence-corrected chi connectivity index (χ4v) is 1.56. The van der Waals surface area contributed by atoms with Crippen LogP contribution < -0.4 is 5.32 Å². The monoisotopic (exact) mass is 176 g/mol. The molecule has 0 radical (unpaired) electrons. The van der Waals surface area contributed by atoms with Crippen LogP contribution in [0.15, 0.2) is 24.4 Å². The Morgan fingerprint density at radius 2 is 2.31 bits per heavy atom. The number of hydrogen-bond donors (Lipinski definition) is 1. The summed E-state index contributed by atoms with van der Waals surface area (Å²) in [6.07, 6.45) is 7.04. The smallest absolute Gasteiger partial charge is 0.0416 e. The molecule has 2 nitrogen and oxygen atoms in total. The molecule has 0 amide bonds. The molecule has 0 aromatic carbocycles. The predicted octanol–water partition coefficient (Wildman–Crippen LogP) is 1.77. The molecule has 13 heavy (non-hydrogen) atoms. The summed E-state index contributed by atoms with van der Waals surface area (Å²) in [4.78, 5) is 4.28. The van der Waals surface area contributed by atoms with Crippen molar-refractivity contribution in [2.75, 3.05) is 6.54 Å². The number of aromatic nitrogens is 1. The highest BCUT2D eigenvalue weighted by Gasteiger charge is 2.15. The Balaban J connectivity index is 1.67. The Labute approximate surface area is 79.4 Å². The molecule has 0 atom stereocenters. The van der Waals surface area contributed by atoms with Gasteiger partial charge in [-0.1, -0.05) is 12.5 Å². The zero-order valence-electron chi connectivity index (χ0n) is 7.87. The van der Waals surface area contributed by atoms with Gasteiger partial charge in [-0.25, -0.2) is 0 Å². The maximum atomic E-state index is 4.28. The van der Waals surface area contributed by atoms with E-state index in [9.17, 15) is 0 Å². The topological polar surface area (TPSA) is 24.9 Å². The van der Waals surface area contributed by atoms with E-state index in [2.05, 4.69) is 16.4 Å². The average Bonchev–Trinajstić information content (AvgIpc) is 2.11. The second-order valence-electron chi connectivity index (χ2n) is 3.65. The largest absolute Gasteiger partial charge is 0.314 e. The maximum Gasteiger partial charge on any atom is 0.0416 e. The van der Waals surface area contributed by atoms with Gasteiger partial charge in [-0.2, -0.15) is 0 Å². The maximum absolute atomic E-state index is 4.28. The summed E-state index contributed by atoms with van der Waals surface area (Å²) in [6, 6.07) is 6.89. The van der Waals surface area contributed by atoms with Crippen LogP contribution in [0.1, 0.15) is 25.0 Å². The Kier molecular flexibility index (Phi) is 2.93. The first kappa shape index (κ1) is 8.70. The molecule has 70 valence electrons. The van der Waals surface area contributed by atoms with Gasteiger partial charge >= 0.3 is 0 Å². The third kappa shape index (κ3) is 2.52. The van der Waals surface area contributed by atoms with Crippen LogP contribution in [0.4, 0.5) is 0 Å². The molecule has 2 heteroatoms. The highest BCUT2D eigenvalue weighted by atomic mass is 14.9. The SMILES string of the molecule is c1ccc(CCNC2CCC2)nc1. The first-order valence-corrected chi connectivity index (χ1v) is 5.08. The molecule has 1 aromatic rings. The summed E-state index contributed by atoms with van der Waals surface area (Å²) in [5.41, 5.74) is 1.19. The Morgan fingerprint density at radius 1 is 1.38 bits per heavy atom. The van der Waals surface area contributed by atoms with Gasteiger partial charge in [0.1, 0.15) is 0 Å². The number of nitrogens with one attached hydrogen (secondary N) is 1. The highest BCUT2D eigenvalue weighted by Crippen LogP contribution is 2.17. The van der Waals surface area contributed by atoms with Gasteiger partial charge in [0, 0.05) is 30.9 Å².